The van der Waals surface area contributed by atoms with Crippen molar-refractivity contribution < 1.29 is 0 Å². The Balaban J connectivity index is 1.48. The Kier molecular flexibility index (Phi) is 5.09. The van der Waals surface area contributed by atoms with Crippen LogP contribution in [0.25, 0.3) is 0 Å². The van der Waals surface area contributed by atoms with Gasteiger partial charge in [-0.1, -0.05) is 38.0 Å². The molecule has 1 saturated carbocycles. The molecule has 1 heterocycles. The van der Waals surface area contributed by atoms with Crippen molar-refractivity contribution in [2.45, 2.75) is 45.1 Å². The molecule has 1 saturated heterocycles. The van der Waals surface area contributed by atoms with E-state index in [1.54, 1.807) is 0 Å². The van der Waals surface area contributed by atoms with Gasteiger partial charge in [-0.3, -0.25) is 4.99 Å². The van der Waals surface area contributed by atoms with Crippen LogP contribution in [0, 0.1) is 5.41 Å². The Morgan fingerprint density at radius 2 is 2.00 bits per heavy atom. The van der Waals surface area contributed by atoms with E-state index in [0.717, 1.165) is 32.0 Å². The van der Waals surface area contributed by atoms with Crippen molar-refractivity contribution in [3.05, 3.63) is 30.3 Å². The molecule has 1 aliphatic carbocycles. The normalized spacial score (nSPS) is 24.0. The highest BCUT2D eigenvalue weighted by Crippen LogP contribution is 2.36. The third kappa shape index (κ3) is 4.18. The molecule has 2 N–H and O–H groups in total. The molecule has 1 aromatic rings. The fourth-order valence-corrected chi connectivity index (χ4v) is 3.84. The van der Waals surface area contributed by atoms with Gasteiger partial charge >= 0.3 is 0 Å². The molecule has 0 aromatic heterocycles. The minimum Gasteiger partial charge on any atom is -0.369 e. The number of anilines is 1. The third-order valence-corrected chi connectivity index (χ3v) is 5.37. The van der Waals surface area contributed by atoms with E-state index in [9.17, 15) is 0 Å². The van der Waals surface area contributed by atoms with Crippen molar-refractivity contribution in [1.29, 1.82) is 0 Å². The highest BCUT2D eigenvalue weighted by molar-refractivity contribution is 5.80. The smallest absolute Gasteiger partial charge is 0.191 e. The largest absolute Gasteiger partial charge is 0.369 e. The highest BCUT2D eigenvalue weighted by Gasteiger charge is 2.29. The summed E-state index contributed by atoms with van der Waals surface area (Å²) in [5.74, 6) is 0.957. The number of rotatable bonds is 4. The fraction of sp³-hybridized carbons (Fsp3) is 0.632. The van der Waals surface area contributed by atoms with Crippen molar-refractivity contribution in [3.8, 4) is 0 Å². The van der Waals surface area contributed by atoms with E-state index < -0.39 is 0 Å². The maximum atomic E-state index is 4.42. The van der Waals surface area contributed by atoms with Gasteiger partial charge in [0.25, 0.3) is 0 Å². The summed E-state index contributed by atoms with van der Waals surface area (Å²) in [4.78, 5) is 6.86. The second-order valence-electron chi connectivity index (χ2n) is 7.36. The lowest BCUT2D eigenvalue weighted by atomic mass is 9.89. The van der Waals surface area contributed by atoms with Crippen LogP contribution in [0.5, 0.6) is 0 Å². The van der Waals surface area contributed by atoms with Gasteiger partial charge in [0.2, 0.25) is 0 Å². The third-order valence-electron chi connectivity index (χ3n) is 5.37. The predicted molar refractivity (Wildman–Crippen MR) is 98.1 cm³/mol. The van der Waals surface area contributed by atoms with Crippen LogP contribution in [0.1, 0.15) is 39.0 Å². The number of nitrogens with zero attached hydrogens (tertiary/aromatic N) is 2. The second-order valence-corrected chi connectivity index (χ2v) is 7.36. The van der Waals surface area contributed by atoms with Gasteiger partial charge in [-0.25, -0.2) is 0 Å². The average molecular weight is 314 g/mol. The first-order valence-electron chi connectivity index (χ1n) is 8.96. The lowest BCUT2D eigenvalue weighted by Crippen LogP contribution is -2.47. The summed E-state index contributed by atoms with van der Waals surface area (Å²) in [6.45, 7) is 5.58. The molecule has 1 unspecified atom stereocenters. The molecule has 0 bridgehead atoms. The molecule has 1 aromatic carbocycles. The molecule has 0 amide bonds. The topological polar surface area (TPSA) is 39.7 Å². The van der Waals surface area contributed by atoms with Crippen LogP contribution >= 0.6 is 0 Å². The van der Waals surface area contributed by atoms with Gasteiger partial charge in [0.05, 0.1) is 0 Å². The number of guanidine groups is 1. The summed E-state index contributed by atoms with van der Waals surface area (Å²) in [6, 6.07) is 11.1. The molecule has 2 fully saturated rings. The van der Waals surface area contributed by atoms with E-state index in [4.69, 9.17) is 0 Å². The molecule has 0 radical (unpaired) electrons. The van der Waals surface area contributed by atoms with E-state index in [1.807, 2.05) is 7.05 Å². The Bertz CT molecular complexity index is 519. The molecule has 4 nitrogen and oxygen atoms in total. The molecule has 1 aliphatic heterocycles. The lowest BCUT2D eigenvalue weighted by Gasteiger charge is -2.26. The van der Waals surface area contributed by atoms with Crippen molar-refractivity contribution in [1.82, 2.24) is 10.6 Å². The quantitative estimate of drug-likeness (QED) is 0.663. The lowest BCUT2D eigenvalue weighted by molar-refractivity contribution is 0.333. The first-order chi connectivity index (χ1) is 11.2. The van der Waals surface area contributed by atoms with Crippen molar-refractivity contribution >= 4 is 11.6 Å². The molecular formula is C19H30N4. The van der Waals surface area contributed by atoms with Crippen molar-refractivity contribution in [2.75, 3.05) is 31.6 Å². The van der Waals surface area contributed by atoms with E-state index in [0.29, 0.717) is 11.5 Å². The highest BCUT2D eigenvalue weighted by atomic mass is 15.2. The van der Waals surface area contributed by atoms with Gasteiger partial charge in [-0.15, -0.1) is 0 Å². The number of benzene rings is 1. The average Bonchev–Trinajstić information content (AvgIpc) is 3.22. The van der Waals surface area contributed by atoms with Crippen LogP contribution in [0.2, 0.25) is 0 Å². The number of hydrogen-bond acceptors (Lipinski definition) is 2. The molecule has 23 heavy (non-hydrogen) atoms. The first-order valence-corrected chi connectivity index (χ1v) is 8.96. The van der Waals surface area contributed by atoms with E-state index in [-0.39, 0.29) is 0 Å². The number of para-hydroxylation sites is 1. The number of aliphatic imine (C=N–C) groups is 1. The summed E-state index contributed by atoms with van der Waals surface area (Å²) >= 11 is 0. The summed E-state index contributed by atoms with van der Waals surface area (Å²) in [6.07, 6.45) is 6.58. The van der Waals surface area contributed by atoms with Gasteiger partial charge in [0, 0.05) is 38.4 Å². The summed E-state index contributed by atoms with van der Waals surface area (Å²) in [7, 11) is 1.87. The maximum Gasteiger partial charge on any atom is 0.191 e. The monoisotopic (exact) mass is 314 g/mol. The number of nitrogens with one attached hydrogen (secondary N) is 2. The van der Waals surface area contributed by atoms with Crippen LogP contribution in [-0.2, 0) is 0 Å². The molecule has 3 rings (SSSR count). The first kappa shape index (κ1) is 16.2. The molecule has 126 valence electrons. The maximum absolute atomic E-state index is 4.42. The zero-order valence-corrected chi connectivity index (χ0v) is 14.5. The molecule has 0 spiro atoms. The number of hydrogen-bond donors (Lipinski definition) is 2. The Morgan fingerprint density at radius 1 is 1.26 bits per heavy atom. The van der Waals surface area contributed by atoms with E-state index in [1.165, 1.54) is 31.4 Å². The SMILES string of the molecule is CN=C(NCC1(C)CCCC1)NC1CCN(c2ccccc2)C1. The molecular weight excluding hydrogens is 284 g/mol. The van der Waals surface area contributed by atoms with Gasteiger partial charge in [-0.05, 0) is 36.8 Å². The zero-order chi connectivity index (χ0) is 16.1. The minimum atomic E-state index is 0.448. The fourth-order valence-electron chi connectivity index (χ4n) is 3.84. The van der Waals surface area contributed by atoms with Crippen LogP contribution in [-0.4, -0.2) is 38.7 Å². The van der Waals surface area contributed by atoms with Crippen molar-refractivity contribution in [3.63, 3.8) is 0 Å². The van der Waals surface area contributed by atoms with E-state index in [2.05, 4.69) is 57.8 Å². The molecule has 2 aliphatic rings. The van der Waals surface area contributed by atoms with Gasteiger partial charge in [0.1, 0.15) is 0 Å². The Morgan fingerprint density at radius 3 is 2.70 bits per heavy atom. The second kappa shape index (κ2) is 7.24. The van der Waals surface area contributed by atoms with Crippen LogP contribution in [0.15, 0.2) is 35.3 Å². The summed E-state index contributed by atoms with van der Waals surface area (Å²) in [5.41, 5.74) is 1.77. The zero-order valence-electron chi connectivity index (χ0n) is 14.5. The molecule has 1 atom stereocenters. The van der Waals surface area contributed by atoms with Crippen LogP contribution in [0.3, 0.4) is 0 Å². The minimum absolute atomic E-state index is 0.448. The van der Waals surface area contributed by atoms with E-state index >= 15 is 0 Å². The van der Waals surface area contributed by atoms with Gasteiger partial charge in [0.15, 0.2) is 5.96 Å². The summed E-state index contributed by atoms with van der Waals surface area (Å²) in [5, 5.41) is 7.16. The Labute approximate surface area is 140 Å². The van der Waals surface area contributed by atoms with Crippen LogP contribution < -0.4 is 15.5 Å². The molecule has 4 heteroatoms. The van der Waals surface area contributed by atoms with Gasteiger partial charge in [-0.2, -0.15) is 0 Å². The summed E-state index contributed by atoms with van der Waals surface area (Å²) < 4.78 is 0. The standard InChI is InChI=1S/C19H30N4/c1-19(11-6-7-12-19)15-21-18(20-2)22-16-10-13-23(14-16)17-8-4-3-5-9-17/h3-5,8-9,16H,6-7,10-15H2,1-2H3,(H2,20,21,22). The predicted octanol–water partition coefficient (Wildman–Crippen LogP) is 3.01. The van der Waals surface area contributed by atoms with Gasteiger partial charge < -0.3 is 15.5 Å². The van der Waals surface area contributed by atoms with Crippen LogP contribution in [0.4, 0.5) is 5.69 Å². The Hall–Kier alpha value is -1.71. The van der Waals surface area contributed by atoms with Crippen molar-refractivity contribution in [2.24, 2.45) is 10.4 Å².